The van der Waals surface area contributed by atoms with E-state index in [9.17, 15) is 8.42 Å². The molecule has 0 fully saturated rings. The molecule has 0 spiro atoms. The van der Waals surface area contributed by atoms with Gasteiger partial charge in [-0.2, -0.15) is 0 Å². The zero-order valence-corrected chi connectivity index (χ0v) is 11.3. The Morgan fingerprint density at radius 1 is 1.29 bits per heavy atom. The average molecular weight is 253 g/mol. The second-order valence-corrected chi connectivity index (χ2v) is 5.69. The van der Waals surface area contributed by atoms with Crippen molar-refractivity contribution in [3.63, 3.8) is 0 Å². The molecule has 3 nitrogen and oxygen atoms in total. The number of hydrogen-bond acceptors (Lipinski definition) is 2. The Bertz CT molecular complexity index is 475. The number of sulfonamides is 1. The van der Waals surface area contributed by atoms with E-state index in [1.54, 1.807) is 24.3 Å². The van der Waals surface area contributed by atoms with Crippen LogP contribution in [0.4, 0.5) is 0 Å². The highest BCUT2D eigenvalue weighted by Crippen LogP contribution is 2.11. The molecular formula is C13H19NO2S. The van der Waals surface area contributed by atoms with Crippen LogP contribution in [0.3, 0.4) is 0 Å². The number of rotatable bonds is 5. The molecule has 0 saturated heterocycles. The summed E-state index contributed by atoms with van der Waals surface area (Å²) in [6.07, 6.45) is 4.44. The van der Waals surface area contributed by atoms with Crippen molar-refractivity contribution in [1.29, 1.82) is 0 Å². The molecule has 0 bridgehead atoms. The Labute approximate surface area is 104 Å². The zero-order chi connectivity index (χ0) is 12.9. The number of allylic oxidation sites excluding steroid dienone is 1. The number of aryl methyl sites for hydroxylation is 1. The van der Waals surface area contributed by atoms with Crippen LogP contribution in [0.2, 0.25) is 0 Å². The lowest BCUT2D eigenvalue weighted by atomic mass is 10.2. The van der Waals surface area contributed by atoms with Gasteiger partial charge in [0.1, 0.15) is 0 Å². The van der Waals surface area contributed by atoms with Crippen LogP contribution >= 0.6 is 0 Å². The number of benzene rings is 1. The summed E-state index contributed by atoms with van der Waals surface area (Å²) in [5.41, 5.74) is 1.05. The van der Waals surface area contributed by atoms with Gasteiger partial charge in [0.05, 0.1) is 4.90 Å². The van der Waals surface area contributed by atoms with Gasteiger partial charge in [-0.25, -0.2) is 13.1 Å². The minimum absolute atomic E-state index is 0.147. The quantitative estimate of drug-likeness (QED) is 0.820. The third-order valence-corrected chi connectivity index (χ3v) is 4.01. The molecule has 0 heterocycles. The zero-order valence-electron chi connectivity index (χ0n) is 10.5. The SMILES string of the molecule is C/C=C/[C@@H](CC)NS(=O)(=O)c1ccc(C)cc1. The van der Waals surface area contributed by atoms with Gasteiger partial charge in [0, 0.05) is 6.04 Å². The Kier molecular flexibility index (Phi) is 4.90. The first-order chi connectivity index (χ1) is 7.99. The smallest absolute Gasteiger partial charge is 0.207 e. The van der Waals surface area contributed by atoms with E-state index >= 15 is 0 Å². The minimum Gasteiger partial charge on any atom is -0.207 e. The molecule has 1 aromatic carbocycles. The maximum atomic E-state index is 12.0. The van der Waals surface area contributed by atoms with Crippen LogP contribution in [0, 0.1) is 6.92 Å². The first kappa shape index (κ1) is 13.9. The lowest BCUT2D eigenvalue weighted by Gasteiger charge is -2.13. The van der Waals surface area contributed by atoms with Gasteiger partial charge in [-0.3, -0.25) is 0 Å². The summed E-state index contributed by atoms with van der Waals surface area (Å²) < 4.78 is 26.8. The van der Waals surface area contributed by atoms with E-state index in [-0.39, 0.29) is 6.04 Å². The predicted octanol–water partition coefficient (Wildman–Crippen LogP) is 2.63. The molecule has 1 aromatic rings. The van der Waals surface area contributed by atoms with Crippen LogP contribution in [0.15, 0.2) is 41.3 Å². The highest BCUT2D eigenvalue weighted by molar-refractivity contribution is 7.89. The average Bonchev–Trinajstić information content (AvgIpc) is 2.28. The predicted molar refractivity (Wildman–Crippen MR) is 70.4 cm³/mol. The van der Waals surface area contributed by atoms with Crippen molar-refractivity contribution < 1.29 is 8.42 Å². The van der Waals surface area contributed by atoms with E-state index < -0.39 is 10.0 Å². The molecule has 0 amide bonds. The van der Waals surface area contributed by atoms with E-state index in [1.807, 2.05) is 32.9 Å². The van der Waals surface area contributed by atoms with Crippen LogP contribution < -0.4 is 4.72 Å². The summed E-state index contributed by atoms with van der Waals surface area (Å²) >= 11 is 0. The van der Waals surface area contributed by atoms with Crippen LogP contribution in [0.5, 0.6) is 0 Å². The normalized spacial score (nSPS) is 14.1. The van der Waals surface area contributed by atoms with Crippen molar-refractivity contribution in [3.05, 3.63) is 42.0 Å². The summed E-state index contributed by atoms with van der Waals surface area (Å²) in [6, 6.07) is 6.70. The fraction of sp³-hybridized carbons (Fsp3) is 0.385. The van der Waals surface area contributed by atoms with Gasteiger partial charge >= 0.3 is 0 Å². The van der Waals surface area contributed by atoms with Crippen LogP contribution in [0.1, 0.15) is 25.8 Å². The number of nitrogens with one attached hydrogen (secondary N) is 1. The molecule has 4 heteroatoms. The van der Waals surface area contributed by atoms with Crippen molar-refractivity contribution in [3.8, 4) is 0 Å². The van der Waals surface area contributed by atoms with E-state index in [4.69, 9.17) is 0 Å². The van der Waals surface area contributed by atoms with Gasteiger partial charge in [-0.1, -0.05) is 36.8 Å². The molecule has 17 heavy (non-hydrogen) atoms. The van der Waals surface area contributed by atoms with Crippen molar-refractivity contribution >= 4 is 10.0 Å². The Morgan fingerprint density at radius 2 is 1.88 bits per heavy atom. The maximum Gasteiger partial charge on any atom is 0.241 e. The fourth-order valence-corrected chi connectivity index (χ4v) is 2.75. The highest BCUT2D eigenvalue weighted by atomic mass is 32.2. The van der Waals surface area contributed by atoms with Gasteiger partial charge in [-0.05, 0) is 32.4 Å². The van der Waals surface area contributed by atoms with Crippen LogP contribution in [-0.4, -0.2) is 14.5 Å². The van der Waals surface area contributed by atoms with E-state index in [0.717, 1.165) is 12.0 Å². The third kappa shape index (κ3) is 3.98. The molecule has 1 N–H and O–H groups in total. The molecule has 1 atom stereocenters. The second kappa shape index (κ2) is 5.98. The number of hydrogen-bond donors (Lipinski definition) is 1. The lowest BCUT2D eigenvalue weighted by Crippen LogP contribution is -2.32. The third-order valence-electron chi connectivity index (χ3n) is 2.50. The Morgan fingerprint density at radius 3 is 2.35 bits per heavy atom. The van der Waals surface area contributed by atoms with Crippen LogP contribution in [-0.2, 0) is 10.0 Å². The summed E-state index contributed by atoms with van der Waals surface area (Å²) in [7, 11) is -3.41. The summed E-state index contributed by atoms with van der Waals surface area (Å²) in [5.74, 6) is 0. The summed E-state index contributed by atoms with van der Waals surface area (Å²) in [4.78, 5) is 0.311. The second-order valence-electron chi connectivity index (χ2n) is 3.97. The minimum atomic E-state index is -3.41. The van der Waals surface area contributed by atoms with Gasteiger partial charge in [0.25, 0.3) is 0 Å². The van der Waals surface area contributed by atoms with Crippen molar-refractivity contribution in [1.82, 2.24) is 4.72 Å². The van der Waals surface area contributed by atoms with E-state index in [1.165, 1.54) is 0 Å². The van der Waals surface area contributed by atoms with Gasteiger partial charge < -0.3 is 0 Å². The molecule has 0 aromatic heterocycles. The molecule has 1 rings (SSSR count). The van der Waals surface area contributed by atoms with Gasteiger partial charge in [0.2, 0.25) is 10.0 Å². The van der Waals surface area contributed by atoms with Crippen molar-refractivity contribution in [2.75, 3.05) is 0 Å². The van der Waals surface area contributed by atoms with E-state index in [2.05, 4.69) is 4.72 Å². The largest absolute Gasteiger partial charge is 0.241 e. The molecule has 0 radical (unpaired) electrons. The molecule has 0 aliphatic heterocycles. The Balaban J connectivity index is 2.92. The Hall–Kier alpha value is -1.13. The molecule has 0 unspecified atom stereocenters. The first-order valence-corrected chi connectivity index (χ1v) is 7.19. The molecule has 94 valence electrons. The highest BCUT2D eigenvalue weighted by Gasteiger charge is 2.16. The van der Waals surface area contributed by atoms with Gasteiger partial charge in [-0.15, -0.1) is 0 Å². The monoisotopic (exact) mass is 253 g/mol. The van der Waals surface area contributed by atoms with Crippen molar-refractivity contribution in [2.45, 2.75) is 38.1 Å². The van der Waals surface area contributed by atoms with Crippen molar-refractivity contribution in [2.24, 2.45) is 0 Å². The lowest BCUT2D eigenvalue weighted by molar-refractivity contribution is 0.567. The van der Waals surface area contributed by atoms with Gasteiger partial charge in [0.15, 0.2) is 0 Å². The van der Waals surface area contributed by atoms with E-state index in [0.29, 0.717) is 4.90 Å². The fourth-order valence-electron chi connectivity index (χ4n) is 1.48. The summed E-state index contributed by atoms with van der Waals surface area (Å²) in [6.45, 7) is 5.75. The topological polar surface area (TPSA) is 46.2 Å². The maximum absolute atomic E-state index is 12.0. The molecule has 0 aliphatic carbocycles. The van der Waals surface area contributed by atoms with Crippen LogP contribution in [0.25, 0.3) is 0 Å². The first-order valence-electron chi connectivity index (χ1n) is 5.71. The molecule has 0 saturated carbocycles. The standard InChI is InChI=1S/C13H19NO2S/c1-4-6-12(5-2)14-17(15,16)13-9-7-11(3)8-10-13/h4,6-10,12,14H,5H2,1-3H3/b6-4+/t12-/m1/s1. The molecule has 0 aliphatic rings. The molecular weight excluding hydrogens is 234 g/mol. The summed E-state index contributed by atoms with van der Waals surface area (Å²) in [5, 5.41) is 0.